The number of aromatic carboxylic acids is 1. The average molecular weight is 296 g/mol. The van der Waals surface area contributed by atoms with E-state index in [2.05, 4.69) is 10.6 Å². The maximum atomic E-state index is 13.6. The van der Waals surface area contributed by atoms with Crippen molar-refractivity contribution in [2.24, 2.45) is 0 Å². The van der Waals surface area contributed by atoms with E-state index < -0.39 is 17.8 Å². The molecule has 1 aliphatic heterocycles. The van der Waals surface area contributed by atoms with Gasteiger partial charge in [0.25, 0.3) is 0 Å². The summed E-state index contributed by atoms with van der Waals surface area (Å²) in [7, 11) is 0. The third-order valence-electron chi connectivity index (χ3n) is 3.24. The van der Waals surface area contributed by atoms with Gasteiger partial charge in [0.1, 0.15) is 5.82 Å². The lowest BCUT2D eigenvalue weighted by atomic mass is 10.2. The first-order chi connectivity index (χ1) is 10.1. The zero-order valence-corrected chi connectivity index (χ0v) is 11.4. The Hall–Kier alpha value is -2.15. The summed E-state index contributed by atoms with van der Waals surface area (Å²) in [6.07, 6.45) is 2.93. The summed E-state index contributed by atoms with van der Waals surface area (Å²) in [5.41, 5.74) is -0.230. The topological polar surface area (TPSA) is 87.7 Å². The van der Waals surface area contributed by atoms with Crippen molar-refractivity contribution < 1.29 is 23.8 Å². The Bertz CT molecular complexity index is 530. The first-order valence-electron chi connectivity index (χ1n) is 6.75. The van der Waals surface area contributed by atoms with Gasteiger partial charge in [0.15, 0.2) is 0 Å². The second-order valence-electron chi connectivity index (χ2n) is 4.80. The van der Waals surface area contributed by atoms with E-state index in [0.29, 0.717) is 13.0 Å². The number of ether oxygens (including phenoxy) is 1. The van der Waals surface area contributed by atoms with Gasteiger partial charge in [-0.15, -0.1) is 0 Å². The number of rotatable bonds is 5. The number of carbonyl (C=O) groups excluding carboxylic acids is 1. The zero-order chi connectivity index (χ0) is 15.2. The van der Waals surface area contributed by atoms with Crippen LogP contribution in [0.25, 0.3) is 0 Å². The van der Waals surface area contributed by atoms with E-state index in [1.54, 1.807) is 0 Å². The van der Waals surface area contributed by atoms with Crippen LogP contribution in [0.15, 0.2) is 18.2 Å². The minimum absolute atomic E-state index is 0.0605. The van der Waals surface area contributed by atoms with Crippen LogP contribution in [0.3, 0.4) is 0 Å². The molecule has 1 saturated heterocycles. The van der Waals surface area contributed by atoms with Gasteiger partial charge in [0.05, 0.1) is 17.4 Å². The third-order valence-corrected chi connectivity index (χ3v) is 3.24. The van der Waals surface area contributed by atoms with Crippen LogP contribution in [0, 0.1) is 5.82 Å². The lowest BCUT2D eigenvalue weighted by Crippen LogP contribution is -2.31. The molecule has 2 amide bonds. The van der Waals surface area contributed by atoms with Gasteiger partial charge in [-0.2, -0.15) is 0 Å². The molecule has 21 heavy (non-hydrogen) atoms. The van der Waals surface area contributed by atoms with Crippen molar-refractivity contribution in [1.29, 1.82) is 0 Å². The molecule has 2 rings (SSSR count). The van der Waals surface area contributed by atoms with Crippen LogP contribution in [0.2, 0.25) is 0 Å². The smallest absolute Gasteiger partial charge is 0.335 e. The molecular formula is C14H17FN2O4. The molecule has 1 fully saturated rings. The SMILES string of the molecule is O=C(NCCC1CCCO1)Nc1ccc(C(=O)O)cc1F. The van der Waals surface area contributed by atoms with Crippen LogP contribution in [0.4, 0.5) is 14.9 Å². The van der Waals surface area contributed by atoms with Crippen LogP contribution in [0.5, 0.6) is 0 Å². The van der Waals surface area contributed by atoms with Gasteiger partial charge in [0, 0.05) is 13.2 Å². The second-order valence-corrected chi connectivity index (χ2v) is 4.80. The maximum Gasteiger partial charge on any atom is 0.335 e. The molecule has 1 aromatic carbocycles. The number of benzene rings is 1. The lowest BCUT2D eigenvalue weighted by Gasteiger charge is -2.11. The largest absolute Gasteiger partial charge is 0.478 e. The quantitative estimate of drug-likeness (QED) is 0.777. The maximum absolute atomic E-state index is 13.6. The third kappa shape index (κ3) is 4.42. The normalized spacial score (nSPS) is 17.5. The van der Waals surface area contributed by atoms with Crippen LogP contribution in [-0.4, -0.2) is 36.4 Å². The summed E-state index contributed by atoms with van der Waals surface area (Å²) in [6.45, 7) is 1.20. The van der Waals surface area contributed by atoms with Crippen LogP contribution in [0.1, 0.15) is 29.6 Å². The van der Waals surface area contributed by atoms with E-state index in [1.165, 1.54) is 12.1 Å². The number of halogens is 1. The number of urea groups is 1. The van der Waals surface area contributed by atoms with Gasteiger partial charge >= 0.3 is 12.0 Å². The lowest BCUT2D eigenvalue weighted by molar-refractivity contribution is 0.0696. The van der Waals surface area contributed by atoms with Gasteiger partial charge in [-0.3, -0.25) is 0 Å². The number of carbonyl (C=O) groups is 2. The van der Waals surface area contributed by atoms with Crippen molar-refractivity contribution >= 4 is 17.7 Å². The predicted molar refractivity (Wildman–Crippen MR) is 74.0 cm³/mol. The number of carboxylic acids is 1. The number of hydrogen-bond donors (Lipinski definition) is 3. The molecule has 1 aliphatic rings. The van der Waals surface area contributed by atoms with E-state index in [-0.39, 0.29) is 17.4 Å². The fourth-order valence-corrected chi connectivity index (χ4v) is 2.13. The van der Waals surface area contributed by atoms with Gasteiger partial charge in [-0.05, 0) is 37.5 Å². The summed E-state index contributed by atoms with van der Waals surface area (Å²) >= 11 is 0. The molecule has 6 nitrogen and oxygen atoms in total. The molecule has 0 saturated carbocycles. The fraction of sp³-hybridized carbons (Fsp3) is 0.429. The first-order valence-corrected chi connectivity index (χ1v) is 6.75. The molecule has 1 atom stereocenters. The molecule has 0 aromatic heterocycles. The van der Waals surface area contributed by atoms with Gasteiger partial charge < -0.3 is 20.5 Å². The van der Waals surface area contributed by atoms with Gasteiger partial charge in [-0.1, -0.05) is 0 Å². The number of anilines is 1. The van der Waals surface area contributed by atoms with Crippen molar-refractivity contribution in [2.45, 2.75) is 25.4 Å². The minimum atomic E-state index is -1.22. The monoisotopic (exact) mass is 296 g/mol. The van der Waals surface area contributed by atoms with E-state index >= 15 is 0 Å². The molecule has 114 valence electrons. The zero-order valence-electron chi connectivity index (χ0n) is 11.4. The van der Waals surface area contributed by atoms with Crippen molar-refractivity contribution in [1.82, 2.24) is 5.32 Å². The minimum Gasteiger partial charge on any atom is -0.478 e. The van der Waals surface area contributed by atoms with Crippen LogP contribution >= 0.6 is 0 Å². The Balaban J connectivity index is 1.80. The van der Waals surface area contributed by atoms with Crippen molar-refractivity contribution in [3.05, 3.63) is 29.6 Å². The number of amides is 2. The molecule has 3 N–H and O–H groups in total. The van der Waals surface area contributed by atoms with Crippen molar-refractivity contribution in [3.8, 4) is 0 Å². The number of nitrogens with one attached hydrogen (secondary N) is 2. The molecule has 0 spiro atoms. The first kappa shape index (κ1) is 15.2. The Morgan fingerprint density at radius 3 is 2.86 bits per heavy atom. The average Bonchev–Trinajstić information content (AvgIpc) is 2.94. The van der Waals surface area contributed by atoms with Crippen molar-refractivity contribution in [2.75, 3.05) is 18.5 Å². The van der Waals surface area contributed by atoms with E-state index in [4.69, 9.17) is 9.84 Å². The standard InChI is InChI=1S/C14H17FN2O4/c15-11-8-9(13(18)19)3-4-12(11)17-14(20)16-6-5-10-2-1-7-21-10/h3-4,8,10H,1-2,5-7H2,(H,18,19)(H2,16,17,20). The summed E-state index contributed by atoms with van der Waals surface area (Å²) in [5, 5.41) is 13.7. The Labute approximate surface area is 121 Å². The summed E-state index contributed by atoms with van der Waals surface area (Å²) in [4.78, 5) is 22.3. The summed E-state index contributed by atoms with van der Waals surface area (Å²) in [5.74, 6) is -2.01. The van der Waals surface area contributed by atoms with Gasteiger partial charge in [-0.25, -0.2) is 14.0 Å². The highest BCUT2D eigenvalue weighted by molar-refractivity contribution is 5.91. The van der Waals surface area contributed by atoms with E-state index in [1.807, 2.05) is 0 Å². The highest BCUT2D eigenvalue weighted by Gasteiger charge is 2.15. The predicted octanol–water partition coefficient (Wildman–Crippen LogP) is 2.21. The highest BCUT2D eigenvalue weighted by Crippen LogP contribution is 2.16. The highest BCUT2D eigenvalue weighted by atomic mass is 19.1. The molecule has 0 bridgehead atoms. The van der Waals surface area contributed by atoms with Crippen molar-refractivity contribution in [3.63, 3.8) is 0 Å². The molecule has 0 radical (unpaired) electrons. The second kappa shape index (κ2) is 7.03. The summed E-state index contributed by atoms with van der Waals surface area (Å²) in [6, 6.07) is 2.78. The van der Waals surface area contributed by atoms with E-state index in [0.717, 1.165) is 25.5 Å². The Morgan fingerprint density at radius 1 is 1.43 bits per heavy atom. The Morgan fingerprint density at radius 2 is 2.24 bits per heavy atom. The van der Waals surface area contributed by atoms with Crippen LogP contribution in [-0.2, 0) is 4.74 Å². The molecule has 0 aliphatic carbocycles. The molecular weight excluding hydrogens is 279 g/mol. The summed E-state index contributed by atoms with van der Waals surface area (Å²) < 4.78 is 19.0. The molecule has 7 heteroatoms. The molecule has 1 aromatic rings. The number of carboxylic acid groups (broad SMARTS) is 1. The molecule has 1 heterocycles. The fourth-order valence-electron chi connectivity index (χ4n) is 2.13. The number of hydrogen-bond acceptors (Lipinski definition) is 3. The Kier molecular flexibility index (Phi) is 5.10. The van der Waals surface area contributed by atoms with Gasteiger partial charge in [0.2, 0.25) is 0 Å². The van der Waals surface area contributed by atoms with E-state index in [9.17, 15) is 14.0 Å². The molecule has 1 unspecified atom stereocenters. The van der Waals surface area contributed by atoms with Crippen LogP contribution < -0.4 is 10.6 Å².